The summed E-state index contributed by atoms with van der Waals surface area (Å²) in [6, 6.07) is 12.7. The van der Waals surface area contributed by atoms with Crippen molar-refractivity contribution in [2.75, 3.05) is 29.9 Å². The SMILES string of the molecule is N#CCNC(=O)[C@@H]1CCCC[C@H]1CS(=O)(=O)c1ccc(SCCNc2ccncc2)cc1. The maximum absolute atomic E-state index is 13.0. The lowest BCUT2D eigenvalue weighted by atomic mass is 9.80. The molecule has 0 bridgehead atoms. The van der Waals surface area contributed by atoms with E-state index < -0.39 is 9.84 Å². The number of hydrogen-bond donors (Lipinski definition) is 2. The van der Waals surface area contributed by atoms with Crippen LogP contribution in [0, 0.1) is 23.2 Å². The molecule has 1 aromatic carbocycles. The first kappa shape index (κ1) is 24.1. The van der Waals surface area contributed by atoms with Gasteiger partial charge in [0, 0.05) is 41.2 Å². The molecule has 0 unspecified atom stereocenters. The molecule has 0 spiro atoms. The normalized spacial score (nSPS) is 18.5. The van der Waals surface area contributed by atoms with Crippen molar-refractivity contribution in [1.82, 2.24) is 10.3 Å². The average molecular weight is 473 g/mol. The molecule has 0 saturated heterocycles. The van der Waals surface area contributed by atoms with Crippen LogP contribution in [0.4, 0.5) is 5.69 Å². The lowest BCUT2D eigenvalue weighted by Gasteiger charge is -2.30. The van der Waals surface area contributed by atoms with E-state index in [1.54, 1.807) is 36.3 Å². The van der Waals surface area contributed by atoms with E-state index >= 15 is 0 Å². The Morgan fingerprint density at radius 3 is 2.56 bits per heavy atom. The smallest absolute Gasteiger partial charge is 0.224 e. The molecule has 1 heterocycles. The Morgan fingerprint density at radius 2 is 1.84 bits per heavy atom. The summed E-state index contributed by atoms with van der Waals surface area (Å²) >= 11 is 1.65. The van der Waals surface area contributed by atoms with Gasteiger partial charge in [0.05, 0.1) is 16.7 Å². The van der Waals surface area contributed by atoms with Crippen LogP contribution >= 0.6 is 11.8 Å². The minimum atomic E-state index is -3.50. The summed E-state index contributed by atoms with van der Waals surface area (Å²) in [7, 11) is -3.50. The Bertz CT molecular complexity index is 1020. The molecule has 1 aliphatic carbocycles. The van der Waals surface area contributed by atoms with E-state index in [0.717, 1.165) is 35.7 Å². The average Bonchev–Trinajstić information content (AvgIpc) is 2.81. The van der Waals surface area contributed by atoms with Crippen LogP contribution in [0.15, 0.2) is 58.6 Å². The highest BCUT2D eigenvalue weighted by atomic mass is 32.2. The first-order valence-corrected chi connectivity index (χ1v) is 13.4. The van der Waals surface area contributed by atoms with Crippen LogP contribution in [0.5, 0.6) is 0 Å². The van der Waals surface area contributed by atoms with Gasteiger partial charge in [0.2, 0.25) is 5.91 Å². The van der Waals surface area contributed by atoms with Gasteiger partial charge < -0.3 is 10.6 Å². The number of nitrogens with zero attached hydrogens (tertiary/aromatic N) is 2. The highest BCUT2D eigenvalue weighted by Crippen LogP contribution is 2.33. The molecule has 3 rings (SSSR count). The molecule has 7 nitrogen and oxygen atoms in total. The molecular formula is C23H28N4O3S2. The number of nitrogens with one attached hydrogen (secondary N) is 2. The first-order chi connectivity index (χ1) is 15.5. The summed E-state index contributed by atoms with van der Waals surface area (Å²) < 4.78 is 26.0. The highest BCUT2D eigenvalue weighted by Gasteiger charge is 2.34. The van der Waals surface area contributed by atoms with Crippen molar-refractivity contribution in [3.8, 4) is 6.07 Å². The predicted molar refractivity (Wildman–Crippen MR) is 126 cm³/mol. The van der Waals surface area contributed by atoms with Gasteiger partial charge in [-0.15, -0.1) is 11.8 Å². The van der Waals surface area contributed by atoms with Gasteiger partial charge >= 0.3 is 0 Å². The molecule has 2 atom stereocenters. The zero-order valence-corrected chi connectivity index (χ0v) is 19.5. The third-order valence-corrected chi connectivity index (χ3v) is 8.46. The van der Waals surface area contributed by atoms with Gasteiger partial charge in [0.15, 0.2) is 9.84 Å². The molecule has 1 saturated carbocycles. The van der Waals surface area contributed by atoms with Crippen molar-refractivity contribution in [3.05, 3.63) is 48.8 Å². The number of nitriles is 1. The molecule has 9 heteroatoms. The summed E-state index contributed by atoms with van der Waals surface area (Å²) in [5.74, 6) is 0.0182. The molecule has 1 fully saturated rings. The molecule has 2 aromatic rings. The molecule has 1 aromatic heterocycles. The van der Waals surface area contributed by atoms with Gasteiger partial charge in [-0.3, -0.25) is 9.78 Å². The minimum Gasteiger partial charge on any atom is -0.384 e. The molecule has 170 valence electrons. The number of anilines is 1. The Labute approximate surface area is 193 Å². The Morgan fingerprint density at radius 1 is 1.12 bits per heavy atom. The Balaban J connectivity index is 1.54. The number of thioether (sulfide) groups is 1. The fourth-order valence-corrected chi connectivity index (χ4v) is 6.44. The summed E-state index contributed by atoms with van der Waals surface area (Å²) in [5.41, 5.74) is 1.02. The molecule has 1 amide bonds. The van der Waals surface area contributed by atoms with Crippen LogP contribution in [0.25, 0.3) is 0 Å². The van der Waals surface area contributed by atoms with Gasteiger partial charge in [-0.2, -0.15) is 5.26 Å². The second-order valence-corrected chi connectivity index (χ2v) is 11.0. The standard InChI is InChI=1S/C23H28N4O3S2/c24-11-14-27-23(28)22-4-2-1-3-18(22)17-32(29,30)21-7-5-20(6-8-21)31-16-15-26-19-9-12-25-13-10-19/h5-10,12-13,18,22H,1-4,14-17H2,(H,25,26)(H,27,28)/t18-,22+/m0/s1. The van der Waals surface area contributed by atoms with Crippen molar-refractivity contribution in [2.45, 2.75) is 35.5 Å². The number of benzene rings is 1. The van der Waals surface area contributed by atoms with E-state index in [1.165, 1.54) is 0 Å². The lowest BCUT2D eigenvalue weighted by molar-refractivity contribution is -0.127. The van der Waals surface area contributed by atoms with Gasteiger partial charge in [-0.1, -0.05) is 12.8 Å². The predicted octanol–water partition coefficient (Wildman–Crippen LogP) is 3.51. The number of pyridine rings is 1. The second-order valence-electron chi connectivity index (χ2n) is 7.79. The quantitative estimate of drug-likeness (QED) is 0.309. The topological polar surface area (TPSA) is 112 Å². The zero-order chi connectivity index (χ0) is 22.8. The van der Waals surface area contributed by atoms with Crippen molar-refractivity contribution < 1.29 is 13.2 Å². The van der Waals surface area contributed by atoms with Crippen LogP contribution in [0.1, 0.15) is 25.7 Å². The van der Waals surface area contributed by atoms with E-state index in [-0.39, 0.29) is 30.0 Å². The van der Waals surface area contributed by atoms with Crippen LogP contribution in [-0.2, 0) is 14.6 Å². The monoisotopic (exact) mass is 472 g/mol. The van der Waals surface area contributed by atoms with Gasteiger partial charge in [-0.25, -0.2) is 8.42 Å². The number of carbonyl (C=O) groups excluding carboxylic acids is 1. The van der Waals surface area contributed by atoms with Crippen molar-refractivity contribution in [3.63, 3.8) is 0 Å². The number of amides is 1. The van der Waals surface area contributed by atoms with Crippen molar-refractivity contribution >= 4 is 33.2 Å². The molecule has 0 radical (unpaired) electrons. The lowest BCUT2D eigenvalue weighted by Crippen LogP contribution is -2.39. The highest BCUT2D eigenvalue weighted by molar-refractivity contribution is 7.99. The number of aromatic nitrogens is 1. The van der Waals surface area contributed by atoms with E-state index in [9.17, 15) is 13.2 Å². The number of hydrogen-bond acceptors (Lipinski definition) is 7. The Kier molecular flexibility index (Phi) is 8.94. The van der Waals surface area contributed by atoms with E-state index in [0.29, 0.717) is 17.7 Å². The summed E-state index contributed by atoms with van der Waals surface area (Å²) in [4.78, 5) is 17.7. The third-order valence-electron chi connectivity index (χ3n) is 5.58. The second kappa shape index (κ2) is 11.9. The minimum absolute atomic E-state index is 0.0417. The summed E-state index contributed by atoms with van der Waals surface area (Å²) in [5, 5.41) is 14.6. The molecule has 1 aliphatic rings. The van der Waals surface area contributed by atoms with E-state index in [4.69, 9.17) is 5.26 Å². The fourth-order valence-electron chi connectivity index (χ4n) is 3.97. The van der Waals surface area contributed by atoms with Crippen LogP contribution < -0.4 is 10.6 Å². The number of sulfone groups is 1. The van der Waals surface area contributed by atoms with Crippen LogP contribution in [0.3, 0.4) is 0 Å². The largest absolute Gasteiger partial charge is 0.384 e. The maximum Gasteiger partial charge on any atom is 0.224 e. The number of carbonyl (C=O) groups is 1. The van der Waals surface area contributed by atoms with Crippen LogP contribution in [-0.4, -0.2) is 43.9 Å². The summed E-state index contributed by atoms with van der Waals surface area (Å²) in [6.45, 7) is 0.734. The fraction of sp³-hybridized carbons (Fsp3) is 0.435. The van der Waals surface area contributed by atoms with Crippen LogP contribution in [0.2, 0.25) is 0 Å². The zero-order valence-electron chi connectivity index (χ0n) is 17.9. The molecular weight excluding hydrogens is 444 g/mol. The van der Waals surface area contributed by atoms with Crippen molar-refractivity contribution in [2.24, 2.45) is 11.8 Å². The third kappa shape index (κ3) is 6.97. The maximum atomic E-state index is 13.0. The van der Waals surface area contributed by atoms with E-state index in [2.05, 4.69) is 15.6 Å². The summed E-state index contributed by atoms with van der Waals surface area (Å²) in [6.07, 6.45) is 6.68. The van der Waals surface area contributed by atoms with Crippen molar-refractivity contribution in [1.29, 1.82) is 5.26 Å². The van der Waals surface area contributed by atoms with E-state index in [1.807, 2.05) is 30.3 Å². The molecule has 0 aliphatic heterocycles. The van der Waals surface area contributed by atoms with Gasteiger partial charge in [0.25, 0.3) is 0 Å². The van der Waals surface area contributed by atoms with Gasteiger partial charge in [0.1, 0.15) is 6.54 Å². The Hall–Kier alpha value is -2.57. The van der Waals surface area contributed by atoms with Gasteiger partial charge in [-0.05, 0) is 55.2 Å². The molecule has 32 heavy (non-hydrogen) atoms. The first-order valence-electron chi connectivity index (χ1n) is 10.7. The molecule has 2 N–H and O–H groups in total. The number of rotatable bonds is 10.